The number of ether oxygens (including phenoxy) is 3. The monoisotopic (exact) mass is 341 g/mol. The highest BCUT2D eigenvalue weighted by atomic mass is 16.5. The van der Waals surface area contributed by atoms with Crippen molar-refractivity contribution in [2.75, 3.05) is 26.1 Å². The van der Waals surface area contributed by atoms with E-state index in [4.69, 9.17) is 14.2 Å². The molecule has 25 heavy (non-hydrogen) atoms. The van der Waals surface area contributed by atoms with E-state index >= 15 is 0 Å². The molecule has 0 fully saturated rings. The highest BCUT2D eigenvalue weighted by molar-refractivity contribution is 6.02. The maximum absolute atomic E-state index is 12.2. The molecule has 5 nitrogen and oxygen atoms in total. The van der Waals surface area contributed by atoms with Crippen molar-refractivity contribution < 1.29 is 19.0 Å². The van der Waals surface area contributed by atoms with Crippen LogP contribution >= 0.6 is 0 Å². The molecule has 1 N–H and O–H groups in total. The van der Waals surface area contributed by atoms with E-state index in [1.54, 1.807) is 32.4 Å². The molecule has 2 rings (SSSR count). The zero-order valence-electron chi connectivity index (χ0n) is 14.7. The fourth-order valence-electron chi connectivity index (χ4n) is 2.21. The standard InChI is InChI=1S/C20H23NO4/c1-4-13-25-17-8-6-5-7-16(17)21-20(22)12-10-15-9-11-18(23-2)19(14-15)24-3/h5-12,14H,4,13H2,1-3H3,(H,21,22)/b12-10+. The largest absolute Gasteiger partial charge is 0.493 e. The van der Waals surface area contributed by atoms with Gasteiger partial charge in [-0.2, -0.15) is 0 Å². The van der Waals surface area contributed by atoms with Crippen LogP contribution in [0.2, 0.25) is 0 Å². The fraction of sp³-hybridized carbons (Fsp3) is 0.250. The Kier molecular flexibility index (Phi) is 6.89. The predicted molar refractivity (Wildman–Crippen MR) is 99.4 cm³/mol. The first-order valence-electron chi connectivity index (χ1n) is 8.10. The van der Waals surface area contributed by atoms with Crippen LogP contribution in [0.25, 0.3) is 6.08 Å². The number of benzene rings is 2. The third-order valence-electron chi connectivity index (χ3n) is 3.44. The number of anilines is 1. The molecule has 0 aromatic heterocycles. The van der Waals surface area contributed by atoms with E-state index in [0.717, 1.165) is 12.0 Å². The Morgan fingerprint density at radius 3 is 2.52 bits per heavy atom. The summed E-state index contributed by atoms with van der Waals surface area (Å²) in [5, 5.41) is 2.83. The Hall–Kier alpha value is -2.95. The lowest BCUT2D eigenvalue weighted by Gasteiger charge is -2.10. The van der Waals surface area contributed by atoms with Gasteiger partial charge in [0.05, 0.1) is 26.5 Å². The molecule has 0 spiro atoms. The second kappa shape index (κ2) is 9.37. The lowest BCUT2D eigenvalue weighted by Crippen LogP contribution is -2.09. The van der Waals surface area contributed by atoms with E-state index in [-0.39, 0.29) is 5.91 Å². The van der Waals surface area contributed by atoms with Gasteiger partial charge in [0.15, 0.2) is 11.5 Å². The second-order valence-electron chi connectivity index (χ2n) is 5.28. The summed E-state index contributed by atoms with van der Waals surface area (Å²) in [6, 6.07) is 12.8. The lowest BCUT2D eigenvalue weighted by molar-refractivity contribution is -0.111. The highest BCUT2D eigenvalue weighted by Gasteiger charge is 2.06. The number of nitrogens with one attached hydrogen (secondary N) is 1. The molecule has 0 saturated heterocycles. The molecule has 0 saturated carbocycles. The van der Waals surface area contributed by atoms with E-state index in [1.807, 2.05) is 37.3 Å². The van der Waals surface area contributed by atoms with Gasteiger partial charge in [-0.15, -0.1) is 0 Å². The third kappa shape index (κ3) is 5.28. The summed E-state index contributed by atoms with van der Waals surface area (Å²) >= 11 is 0. The molecule has 0 aliphatic heterocycles. The molecule has 0 bridgehead atoms. The number of hydrogen-bond donors (Lipinski definition) is 1. The van der Waals surface area contributed by atoms with E-state index in [9.17, 15) is 4.79 Å². The van der Waals surface area contributed by atoms with Gasteiger partial charge in [-0.1, -0.05) is 25.1 Å². The van der Waals surface area contributed by atoms with Crippen LogP contribution in [-0.2, 0) is 4.79 Å². The van der Waals surface area contributed by atoms with E-state index in [0.29, 0.717) is 29.5 Å². The molecular weight excluding hydrogens is 318 g/mol. The zero-order valence-corrected chi connectivity index (χ0v) is 14.7. The molecule has 2 aromatic carbocycles. The SMILES string of the molecule is CCCOc1ccccc1NC(=O)/C=C/c1ccc(OC)c(OC)c1. The minimum absolute atomic E-state index is 0.234. The summed E-state index contributed by atoms with van der Waals surface area (Å²) in [6.07, 6.45) is 4.09. The quantitative estimate of drug-likeness (QED) is 0.733. The van der Waals surface area contributed by atoms with Crippen LogP contribution in [0.1, 0.15) is 18.9 Å². The van der Waals surface area contributed by atoms with Crippen molar-refractivity contribution in [1.29, 1.82) is 0 Å². The fourth-order valence-corrected chi connectivity index (χ4v) is 2.21. The van der Waals surface area contributed by atoms with Gasteiger partial charge in [0.1, 0.15) is 5.75 Å². The number of rotatable bonds is 8. The van der Waals surface area contributed by atoms with Crippen molar-refractivity contribution in [2.24, 2.45) is 0 Å². The topological polar surface area (TPSA) is 56.8 Å². The molecule has 0 atom stereocenters. The number of carbonyl (C=O) groups excluding carboxylic acids is 1. The second-order valence-corrected chi connectivity index (χ2v) is 5.28. The Morgan fingerprint density at radius 2 is 1.80 bits per heavy atom. The molecular formula is C20H23NO4. The van der Waals surface area contributed by atoms with Gasteiger partial charge in [0, 0.05) is 6.08 Å². The summed E-state index contributed by atoms with van der Waals surface area (Å²) < 4.78 is 16.1. The van der Waals surface area contributed by atoms with Crippen LogP contribution in [0.3, 0.4) is 0 Å². The summed E-state index contributed by atoms with van der Waals surface area (Å²) in [6.45, 7) is 2.64. The third-order valence-corrected chi connectivity index (χ3v) is 3.44. The number of para-hydroxylation sites is 2. The smallest absolute Gasteiger partial charge is 0.248 e. The van der Waals surface area contributed by atoms with Crippen molar-refractivity contribution in [1.82, 2.24) is 0 Å². The molecule has 5 heteroatoms. The predicted octanol–water partition coefficient (Wildman–Crippen LogP) is 4.14. The molecule has 0 aliphatic rings. The van der Waals surface area contributed by atoms with Crippen molar-refractivity contribution in [2.45, 2.75) is 13.3 Å². The summed E-state index contributed by atoms with van der Waals surface area (Å²) in [7, 11) is 3.16. The van der Waals surface area contributed by atoms with Gasteiger partial charge in [-0.05, 0) is 42.3 Å². The average Bonchev–Trinajstić information content (AvgIpc) is 2.65. The number of hydrogen-bond acceptors (Lipinski definition) is 4. The molecule has 0 unspecified atom stereocenters. The van der Waals surface area contributed by atoms with Crippen molar-refractivity contribution in [3.63, 3.8) is 0 Å². The van der Waals surface area contributed by atoms with Crippen LogP contribution in [0.5, 0.6) is 17.2 Å². The Balaban J connectivity index is 2.06. The minimum Gasteiger partial charge on any atom is -0.493 e. The van der Waals surface area contributed by atoms with Crippen LogP contribution in [0, 0.1) is 0 Å². The van der Waals surface area contributed by atoms with Crippen LogP contribution < -0.4 is 19.5 Å². The van der Waals surface area contributed by atoms with Crippen molar-refractivity contribution in [3.05, 3.63) is 54.1 Å². The molecule has 132 valence electrons. The van der Waals surface area contributed by atoms with Crippen molar-refractivity contribution >= 4 is 17.7 Å². The summed E-state index contributed by atoms with van der Waals surface area (Å²) in [4.78, 5) is 12.2. The Bertz CT molecular complexity index is 740. The van der Waals surface area contributed by atoms with Crippen molar-refractivity contribution in [3.8, 4) is 17.2 Å². The summed E-state index contributed by atoms with van der Waals surface area (Å²) in [5.74, 6) is 1.69. The van der Waals surface area contributed by atoms with Gasteiger partial charge in [-0.3, -0.25) is 4.79 Å². The molecule has 0 heterocycles. The van der Waals surface area contributed by atoms with E-state index in [1.165, 1.54) is 6.08 Å². The maximum atomic E-state index is 12.2. The van der Waals surface area contributed by atoms with Gasteiger partial charge in [0.25, 0.3) is 0 Å². The van der Waals surface area contributed by atoms with Gasteiger partial charge < -0.3 is 19.5 Å². The van der Waals surface area contributed by atoms with Crippen LogP contribution in [0.4, 0.5) is 5.69 Å². The number of carbonyl (C=O) groups is 1. The minimum atomic E-state index is -0.234. The normalized spacial score (nSPS) is 10.5. The maximum Gasteiger partial charge on any atom is 0.248 e. The molecule has 0 aliphatic carbocycles. The first kappa shape index (κ1) is 18.4. The lowest BCUT2D eigenvalue weighted by atomic mass is 10.2. The number of methoxy groups -OCH3 is 2. The first-order valence-corrected chi connectivity index (χ1v) is 8.10. The van der Waals surface area contributed by atoms with Gasteiger partial charge >= 0.3 is 0 Å². The molecule has 2 aromatic rings. The van der Waals surface area contributed by atoms with Crippen LogP contribution in [-0.4, -0.2) is 26.7 Å². The number of amides is 1. The van der Waals surface area contributed by atoms with E-state index < -0.39 is 0 Å². The van der Waals surface area contributed by atoms with Crippen LogP contribution in [0.15, 0.2) is 48.5 Å². The first-order chi connectivity index (χ1) is 12.2. The average molecular weight is 341 g/mol. The van der Waals surface area contributed by atoms with Gasteiger partial charge in [0.2, 0.25) is 5.91 Å². The summed E-state index contributed by atoms with van der Waals surface area (Å²) in [5.41, 5.74) is 1.49. The van der Waals surface area contributed by atoms with Gasteiger partial charge in [-0.25, -0.2) is 0 Å². The Morgan fingerprint density at radius 1 is 1.04 bits per heavy atom. The Labute approximate surface area is 148 Å². The zero-order chi connectivity index (χ0) is 18.1. The molecule has 1 amide bonds. The highest BCUT2D eigenvalue weighted by Crippen LogP contribution is 2.28. The molecule has 0 radical (unpaired) electrons. The van der Waals surface area contributed by atoms with E-state index in [2.05, 4.69) is 5.32 Å².